The Morgan fingerprint density at radius 3 is 2.69 bits per heavy atom. The fraction of sp³-hybridized carbons (Fsp3) is 0.115. The number of amides is 1. The van der Waals surface area contributed by atoms with E-state index in [4.69, 9.17) is 5.73 Å². The molecule has 5 aromatic rings. The van der Waals surface area contributed by atoms with Crippen molar-refractivity contribution in [3.8, 4) is 17.3 Å². The predicted molar refractivity (Wildman–Crippen MR) is 138 cm³/mol. The van der Waals surface area contributed by atoms with E-state index in [1.165, 1.54) is 12.3 Å². The number of pyridine rings is 2. The number of nitrogens with zero attached hydrogens (tertiary/aromatic N) is 6. The highest BCUT2D eigenvalue weighted by atomic mass is 19.2. The quantitative estimate of drug-likeness (QED) is 0.247. The molecule has 0 bridgehead atoms. The summed E-state index contributed by atoms with van der Waals surface area (Å²) in [4.78, 5) is 30.0. The lowest BCUT2D eigenvalue weighted by molar-refractivity contribution is 0.0935. The van der Waals surface area contributed by atoms with Crippen molar-refractivity contribution in [3.63, 3.8) is 0 Å². The molecule has 11 nitrogen and oxygen atoms in total. The van der Waals surface area contributed by atoms with Gasteiger partial charge in [-0.3, -0.25) is 14.9 Å². The first kappa shape index (κ1) is 25.2. The van der Waals surface area contributed by atoms with Gasteiger partial charge in [-0.05, 0) is 42.3 Å². The van der Waals surface area contributed by atoms with Gasteiger partial charge in [0, 0.05) is 24.5 Å². The van der Waals surface area contributed by atoms with Crippen LogP contribution in [-0.4, -0.2) is 36.0 Å². The van der Waals surface area contributed by atoms with Gasteiger partial charge in [0.15, 0.2) is 34.5 Å². The van der Waals surface area contributed by atoms with Crippen LogP contribution in [0.25, 0.3) is 22.3 Å². The van der Waals surface area contributed by atoms with Crippen LogP contribution < -0.4 is 16.4 Å². The molecule has 5 rings (SSSR count). The molecule has 0 aliphatic rings. The van der Waals surface area contributed by atoms with E-state index in [2.05, 4.69) is 40.8 Å². The van der Waals surface area contributed by atoms with E-state index < -0.39 is 23.6 Å². The van der Waals surface area contributed by atoms with E-state index in [0.29, 0.717) is 28.1 Å². The van der Waals surface area contributed by atoms with Crippen LogP contribution in [-0.2, 0) is 6.54 Å². The number of hydrogen-bond donors (Lipinski definition) is 4. The Morgan fingerprint density at radius 2 is 1.95 bits per heavy atom. The topological polar surface area (TPSA) is 171 Å². The van der Waals surface area contributed by atoms with E-state index >= 15 is 0 Å². The number of anilines is 2. The molecule has 0 fully saturated rings. The van der Waals surface area contributed by atoms with Crippen molar-refractivity contribution in [1.29, 1.82) is 5.26 Å². The first-order valence-corrected chi connectivity index (χ1v) is 11.6. The van der Waals surface area contributed by atoms with Crippen LogP contribution in [0.15, 0.2) is 55.0 Å². The van der Waals surface area contributed by atoms with Gasteiger partial charge in [0.2, 0.25) is 0 Å². The molecule has 0 spiro atoms. The molecule has 0 aliphatic carbocycles. The third-order valence-corrected chi connectivity index (χ3v) is 5.91. The minimum absolute atomic E-state index is 0.0546. The molecule has 39 heavy (non-hydrogen) atoms. The van der Waals surface area contributed by atoms with Crippen molar-refractivity contribution in [1.82, 2.24) is 35.5 Å². The fourth-order valence-corrected chi connectivity index (χ4v) is 3.80. The van der Waals surface area contributed by atoms with Crippen molar-refractivity contribution in [3.05, 3.63) is 89.1 Å². The van der Waals surface area contributed by atoms with Crippen molar-refractivity contribution < 1.29 is 13.6 Å². The number of rotatable bonds is 7. The summed E-state index contributed by atoms with van der Waals surface area (Å²) >= 11 is 0. The number of aromatic nitrogens is 6. The zero-order valence-electron chi connectivity index (χ0n) is 20.4. The van der Waals surface area contributed by atoms with Gasteiger partial charge in [-0.2, -0.15) is 10.4 Å². The summed E-state index contributed by atoms with van der Waals surface area (Å²) in [5.74, 6) is -2.10. The number of nitrogens with two attached hydrogens (primary N) is 1. The molecule has 1 amide bonds. The highest BCUT2D eigenvalue weighted by Crippen LogP contribution is 2.24. The number of carbonyl (C=O) groups excluding carboxylic acids is 1. The Balaban J connectivity index is 1.31. The molecule has 1 aromatic carbocycles. The van der Waals surface area contributed by atoms with Crippen LogP contribution in [0.3, 0.4) is 0 Å². The lowest BCUT2D eigenvalue weighted by Gasteiger charge is -2.16. The molecule has 0 saturated carbocycles. The maximum Gasteiger partial charge on any atom is 0.274 e. The van der Waals surface area contributed by atoms with Gasteiger partial charge in [-0.1, -0.05) is 12.1 Å². The second-order valence-electron chi connectivity index (χ2n) is 8.57. The minimum atomic E-state index is -1.02. The van der Waals surface area contributed by atoms with E-state index in [1.54, 1.807) is 19.3 Å². The van der Waals surface area contributed by atoms with Gasteiger partial charge in [0.05, 0.1) is 23.3 Å². The highest BCUT2D eigenvalue weighted by molar-refractivity contribution is 5.97. The summed E-state index contributed by atoms with van der Waals surface area (Å²) in [6.45, 7) is 1.86. The third-order valence-electron chi connectivity index (χ3n) is 5.91. The van der Waals surface area contributed by atoms with E-state index in [1.807, 2.05) is 24.3 Å². The van der Waals surface area contributed by atoms with Gasteiger partial charge >= 0.3 is 0 Å². The second-order valence-corrected chi connectivity index (χ2v) is 8.57. The number of benzene rings is 1. The molecule has 5 N–H and O–H groups in total. The van der Waals surface area contributed by atoms with Crippen molar-refractivity contribution >= 4 is 28.6 Å². The Kier molecular flexibility index (Phi) is 6.75. The van der Waals surface area contributed by atoms with Crippen molar-refractivity contribution in [2.24, 2.45) is 0 Å². The first-order chi connectivity index (χ1) is 18.8. The van der Waals surface area contributed by atoms with Crippen molar-refractivity contribution in [2.75, 3.05) is 11.1 Å². The maximum absolute atomic E-state index is 13.6. The monoisotopic (exact) mass is 526 g/mol. The summed E-state index contributed by atoms with van der Waals surface area (Å²) < 4.78 is 26.9. The fourth-order valence-electron chi connectivity index (χ4n) is 3.80. The SMILES string of the molecule is C[C@H](NC(=O)c1nc(C#N)cnc1NCc1ccc(-c2cnc3n[nH]c(N)c3c2)nc1)c1ccc(F)c(F)c1. The van der Waals surface area contributed by atoms with E-state index in [0.717, 1.165) is 23.3 Å². The van der Waals surface area contributed by atoms with E-state index in [-0.39, 0.29) is 23.8 Å². The largest absolute Gasteiger partial charge is 0.384 e. The van der Waals surface area contributed by atoms with Crippen LogP contribution >= 0.6 is 0 Å². The Hall–Kier alpha value is -5.51. The van der Waals surface area contributed by atoms with Gasteiger partial charge in [0.25, 0.3) is 5.91 Å². The normalized spacial score (nSPS) is 11.6. The average molecular weight is 527 g/mol. The molecule has 0 unspecified atom stereocenters. The predicted octanol–water partition coefficient (Wildman–Crippen LogP) is 3.65. The zero-order valence-corrected chi connectivity index (χ0v) is 20.4. The van der Waals surface area contributed by atoms with Gasteiger partial charge < -0.3 is 16.4 Å². The molecular formula is C26H20F2N10O. The number of nitriles is 1. The summed E-state index contributed by atoms with van der Waals surface area (Å²) in [5.41, 5.74) is 8.81. The molecule has 4 heterocycles. The van der Waals surface area contributed by atoms with Crippen LogP contribution in [0, 0.1) is 23.0 Å². The highest BCUT2D eigenvalue weighted by Gasteiger charge is 2.20. The number of nitrogens with one attached hydrogen (secondary N) is 3. The minimum Gasteiger partial charge on any atom is -0.384 e. The smallest absolute Gasteiger partial charge is 0.274 e. The molecule has 4 aromatic heterocycles. The van der Waals surface area contributed by atoms with Gasteiger partial charge in [-0.15, -0.1) is 0 Å². The molecule has 0 aliphatic heterocycles. The molecule has 0 radical (unpaired) electrons. The molecular weight excluding hydrogens is 506 g/mol. The number of fused-ring (bicyclic) bond motifs is 1. The molecule has 13 heteroatoms. The molecule has 194 valence electrons. The van der Waals surface area contributed by atoms with Crippen LogP contribution in [0.2, 0.25) is 0 Å². The second kappa shape index (κ2) is 10.5. The molecule has 0 saturated heterocycles. The average Bonchev–Trinajstić information content (AvgIpc) is 3.33. The zero-order chi connectivity index (χ0) is 27.5. The number of halogens is 2. The van der Waals surface area contributed by atoms with Gasteiger partial charge in [-0.25, -0.2) is 23.7 Å². The lowest BCUT2D eigenvalue weighted by atomic mass is 10.1. The number of hydrogen-bond acceptors (Lipinski definition) is 9. The number of nitrogen functional groups attached to an aromatic ring is 1. The van der Waals surface area contributed by atoms with Crippen LogP contribution in [0.4, 0.5) is 20.4 Å². The number of H-pyrrole nitrogens is 1. The third kappa shape index (κ3) is 5.30. The Labute approximate surface area is 220 Å². The van der Waals surface area contributed by atoms with Crippen LogP contribution in [0.1, 0.15) is 40.3 Å². The number of aromatic amines is 1. The Bertz CT molecular complexity index is 1730. The number of carbonyl (C=O) groups is 1. The standard InChI is InChI=1S/C26H20F2N10O/c1-13(15-3-4-19(27)20(28)7-15)35-26(39)22-25(34-12-17(8-29)36-22)32-10-14-2-5-21(31-9-14)16-6-18-23(30)37-38-24(18)33-11-16/h2-7,9,11-13H,10H2,1H3,(H,32,34)(H,35,39)(H3,30,33,37,38)/t13-/m0/s1. The summed E-state index contributed by atoms with van der Waals surface area (Å²) in [6, 6.07) is 10.1. The Morgan fingerprint density at radius 1 is 1.10 bits per heavy atom. The summed E-state index contributed by atoms with van der Waals surface area (Å²) in [7, 11) is 0. The lowest BCUT2D eigenvalue weighted by Crippen LogP contribution is -2.29. The summed E-state index contributed by atoms with van der Waals surface area (Å²) in [5, 5.41) is 22.4. The van der Waals surface area contributed by atoms with Crippen LogP contribution in [0.5, 0.6) is 0 Å². The van der Waals surface area contributed by atoms with Gasteiger partial charge in [0.1, 0.15) is 11.9 Å². The van der Waals surface area contributed by atoms with E-state index in [9.17, 15) is 18.8 Å². The van der Waals surface area contributed by atoms with Crippen molar-refractivity contribution in [2.45, 2.75) is 19.5 Å². The molecule has 1 atom stereocenters. The summed E-state index contributed by atoms with van der Waals surface area (Å²) in [6.07, 6.45) is 4.55. The first-order valence-electron chi connectivity index (χ1n) is 11.6. The maximum atomic E-state index is 13.6.